The number of ether oxygens (including phenoxy) is 2. The van der Waals surface area contributed by atoms with Crippen LogP contribution in [0.4, 0.5) is 4.79 Å². The molecule has 5 nitrogen and oxygen atoms in total. The van der Waals surface area contributed by atoms with Gasteiger partial charge in [-0.05, 0) is 77.0 Å². The molecule has 2 aliphatic rings. The molecule has 1 aromatic carbocycles. The van der Waals surface area contributed by atoms with E-state index in [1.54, 1.807) is 13.0 Å². The number of carbonyl (C=O) groups is 2. The van der Waals surface area contributed by atoms with Crippen LogP contribution in [-0.4, -0.2) is 39.3 Å². The molecule has 0 N–H and O–H groups in total. The summed E-state index contributed by atoms with van der Waals surface area (Å²) in [5.41, 5.74) is 1.45. The minimum atomic E-state index is -0.631. The maximum Gasteiger partial charge on any atom is 0.419 e. The molecule has 2 aliphatic heterocycles. The molecule has 2 fully saturated rings. The van der Waals surface area contributed by atoms with Gasteiger partial charge in [0.15, 0.2) is 0 Å². The van der Waals surface area contributed by atoms with Crippen molar-refractivity contribution in [2.75, 3.05) is 6.61 Å². The van der Waals surface area contributed by atoms with Gasteiger partial charge in [-0.15, -0.1) is 0 Å². The summed E-state index contributed by atoms with van der Waals surface area (Å²) in [7, 11) is 0. The molecule has 30 heavy (non-hydrogen) atoms. The summed E-state index contributed by atoms with van der Waals surface area (Å²) in [6.07, 6.45) is 6.18. The number of nitrogens with zero attached hydrogens (tertiary/aromatic N) is 1. The minimum absolute atomic E-state index is 0.274. The second kappa shape index (κ2) is 8.23. The zero-order chi connectivity index (χ0) is 21.6. The second-order valence-corrected chi connectivity index (χ2v) is 11.7. The molecule has 0 aliphatic carbocycles. The normalized spacial score (nSPS) is 23.6. The molecule has 0 spiro atoms. The summed E-state index contributed by atoms with van der Waals surface area (Å²) in [5.74, 6) is -0.0585. The van der Waals surface area contributed by atoms with Gasteiger partial charge in [-0.3, -0.25) is 4.57 Å². The van der Waals surface area contributed by atoms with Crippen molar-refractivity contribution in [2.45, 2.75) is 75.4 Å². The summed E-state index contributed by atoms with van der Waals surface area (Å²) in [6, 6.07) is 3.74. The van der Waals surface area contributed by atoms with Crippen LogP contribution >= 0.6 is 27.7 Å². The second-order valence-electron chi connectivity index (χ2n) is 9.13. The van der Waals surface area contributed by atoms with Crippen molar-refractivity contribution >= 4 is 50.7 Å². The highest BCUT2D eigenvalue weighted by Gasteiger charge is 2.37. The van der Waals surface area contributed by atoms with Gasteiger partial charge in [0.05, 0.1) is 17.7 Å². The largest absolute Gasteiger partial charge is 0.462 e. The van der Waals surface area contributed by atoms with Crippen molar-refractivity contribution in [3.05, 3.63) is 33.9 Å². The summed E-state index contributed by atoms with van der Waals surface area (Å²) in [4.78, 5) is 25.9. The molecule has 7 heteroatoms. The van der Waals surface area contributed by atoms with Gasteiger partial charge in [0.25, 0.3) is 0 Å². The Labute approximate surface area is 190 Å². The summed E-state index contributed by atoms with van der Waals surface area (Å²) >= 11 is 5.67. The fraction of sp³-hybridized carbons (Fsp3) is 0.565. The molecule has 4 rings (SSSR count). The van der Waals surface area contributed by atoms with Crippen LogP contribution in [0.15, 0.2) is 22.8 Å². The van der Waals surface area contributed by atoms with Crippen LogP contribution in [0.25, 0.3) is 10.9 Å². The van der Waals surface area contributed by atoms with Gasteiger partial charge >= 0.3 is 12.1 Å². The maximum atomic E-state index is 13.1. The predicted octanol–water partition coefficient (Wildman–Crippen LogP) is 6.51. The zero-order valence-corrected chi connectivity index (χ0v) is 20.3. The van der Waals surface area contributed by atoms with E-state index in [1.165, 1.54) is 17.4 Å². The fourth-order valence-electron chi connectivity index (χ4n) is 4.61. The zero-order valence-electron chi connectivity index (χ0n) is 17.9. The average Bonchev–Trinajstić information content (AvgIpc) is 3.19. The number of halogens is 1. The van der Waals surface area contributed by atoms with Gasteiger partial charge in [-0.25, -0.2) is 9.59 Å². The maximum absolute atomic E-state index is 13.1. The molecule has 1 aromatic heterocycles. The molecule has 3 heterocycles. The molecule has 2 atom stereocenters. The average molecular weight is 494 g/mol. The standard InChI is InChI=1S/C23H28BrNO4S/c1-5-28-21(26)18-11-14(24)10-17-19(13-8-15-6-7-16(9-13)30-15)12-25(20(17)18)22(27)29-23(2,3)4/h10-13,15-16H,5-9H2,1-4H3. The van der Waals surface area contributed by atoms with E-state index in [9.17, 15) is 9.59 Å². The number of hydrogen-bond acceptors (Lipinski definition) is 5. The van der Waals surface area contributed by atoms with E-state index in [1.807, 2.05) is 33.0 Å². The molecular formula is C23H28BrNO4S. The van der Waals surface area contributed by atoms with Crippen molar-refractivity contribution in [1.82, 2.24) is 4.57 Å². The minimum Gasteiger partial charge on any atom is -0.462 e. The molecule has 2 bridgehead atoms. The Hall–Kier alpha value is -1.47. The van der Waals surface area contributed by atoms with Gasteiger partial charge in [0.2, 0.25) is 0 Å². The van der Waals surface area contributed by atoms with Crippen molar-refractivity contribution in [3.8, 4) is 0 Å². The van der Waals surface area contributed by atoms with Gasteiger partial charge < -0.3 is 9.47 Å². The molecule has 162 valence electrons. The number of carbonyl (C=O) groups excluding carboxylic acids is 2. The van der Waals surface area contributed by atoms with Crippen molar-refractivity contribution in [3.63, 3.8) is 0 Å². The van der Waals surface area contributed by atoms with Gasteiger partial charge in [-0.1, -0.05) is 15.9 Å². The van der Waals surface area contributed by atoms with E-state index in [-0.39, 0.29) is 6.61 Å². The summed E-state index contributed by atoms with van der Waals surface area (Å²) in [5, 5.41) is 2.30. The molecule has 2 aromatic rings. The third-order valence-electron chi connectivity index (χ3n) is 5.71. The first-order valence-electron chi connectivity index (χ1n) is 10.6. The molecule has 0 amide bonds. The highest BCUT2D eigenvalue weighted by Crippen LogP contribution is 2.50. The third-order valence-corrected chi connectivity index (χ3v) is 7.79. The topological polar surface area (TPSA) is 57.5 Å². The lowest BCUT2D eigenvalue weighted by Gasteiger charge is -2.27. The number of thioether (sulfide) groups is 1. The Balaban J connectivity index is 1.88. The summed E-state index contributed by atoms with van der Waals surface area (Å²) in [6.45, 7) is 7.58. The lowest BCUT2D eigenvalue weighted by molar-refractivity contribution is 0.0527. The number of rotatable bonds is 3. The lowest BCUT2D eigenvalue weighted by Crippen LogP contribution is -2.27. The highest BCUT2D eigenvalue weighted by atomic mass is 79.9. The number of hydrogen-bond donors (Lipinski definition) is 0. The molecular weight excluding hydrogens is 466 g/mol. The molecule has 2 unspecified atom stereocenters. The van der Waals surface area contributed by atoms with E-state index in [4.69, 9.17) is 9.47 Å². The summed E-state index contributed by atoms with van der Waals surface area (Å²) < 4.78 is 13.3. The Bertz CT molecular complexity index is 981. The Morgan fingerprint density at radius 3 is 2.47 bits per heavy atom. The van der Waals surface area contributed by atoms with Gasteiger partial charge in [0, 0.05) is 26.6 Å². The first kappa shape index (κ1) is 21.8. The number of fused-ring (bicyclic) bond motifs is 3. The van der Waals surface area contributed by atoms with Crippen molar-refractivity contribution in [1.29, 1.82) is 0 Å². The molecule has 0 saturated carbocycles. The van der Waals surface area contributed by atoms with Gasteiger partial charge in [-0.2, -0.15) is 11.8 Å². The van der Waals surface area contributed by atoms with Crippen LogP contribution in [0.2, 0.25) is 0 Å². The Morgan fingerprint density at radius 1 is 1.20 bits per heavy atom. The first-order chi connectivity index (χ1) is 14.2. The third kappa shape index (κ3) is 4.28. The SMILES string of the molecule is CCOC(=O)c1cc(Br)cc2c(C3CC4CCC(C3)S4)cn(C(=O)OC(C)(C)C)c12. The monoisotopic (exact) mass is 493 g/mol. The first-order valence-corrected chi connectivity index (χ1v) is 12.3. The van der Waals surface area contributed by atoms with E-state index in [0.29, 0.717) is 27.5 Å². The molecule has 0 radical (unpaired) electrons. The van der Waals surface area contributed by atoms with E-state index in [2.05, 4.69) is 27.7 Å². The van der Waals surface area contributed by atoms with E-state index >= 15 is 0 Å². The van der Waals surface area contributed by atoms with Crippen LogP contribution in [-0.2, 0) is 9.47 Å². The Kier molecular flexibility index (Phi) is 5.96. The van der Waals surface area contributed by atoms with E-state index in [0.717, 1.165) is 28.3 Å². The quantitative estimate of drug-likeness (QED) is 0.456. The smallest absolute Gasteiger partial charge is 0.419 e. The van der Waals surface area contributed by atoms with Crippen LogP contribution in [0.3, 0.4) is 0 Å². The van der Waals surface area contributed by atoms with E-state index < -0.39 is 17.7 Å². The van der Waals surface area contributed by atoms with Crippen molar-refractivity contribution < 1.29 is 19.1 Å². The number of esters is 1. The van der Waals surface area contributed by atoms with Crippen LogP contribution in [0.5, 0.6) is 0 Å². The Morgan fingerprint density at radius 2 is 1.87 bits per heavy atom. The molecule has 2 saturated heterocycles. The van der Waals surface area contributed by atoms with Crippen LogP contribution < -0.4 is 0 Å². The van der Waals surface area contributed by atoms with Gasteiger partial charge in [0.1, 0.15) is 5.60 Å². The number of aromatic nitrogens is 1. The van der Waals surface area contributed by atoms with Crippen LogP contribution in [0.1, 0.15) is 75.2 Å². The fourth-order valence-corrected chi connectivity index (χ4v) is 6.84. The highest BCUT2D eigenvalue weighted by molar-refractivity contribution is 9.10. The van der Waals surface area contributed by atoms with Crippen LogP contribution in [0, 0.1) is 0 Å². The predicted molar refractivity (Wildman–Crippen MR) is 124 cm³/mol. The van der Waals surface area contributed by atoms with Crippen molar-refractivity contribution in [2.24, 2.45) is 0 Å². The lowest BCUT2D eigenvalue weighted by atomic mass is 9.90. The number of benzene rings is 1.